The molecular weight excluding hydrogens is 486 g/mol. The van der Waals surface area contributed by atoms with Crippen molar-refractivity contribution in [1.82, 2.24) is 0 Å². The van der Waals surface area contributed by atoms with Gasteiger partial charge in [0, 0.05) is 5.56 Å². The van der Waals surface area contributed by atoms with E-state index in [2.05, 4.69) is 0 Å². The molecule has 0 bridgehead atoms. The van der Waals surface area contributed by atoms with Crippen LogP contribution in [0.3, 0.4) is 0 Å². The highest BCUT2D eigenvalue weighted by Gasteiger charge is 2.32. The molecule has 0 aromatic heterocycles. The molecule has 1 amide bonds. The van der Waals surface area contributed by atoms with E-state index < -0.39 is 21.9 Å². The molecule has 0 heterocycles. The third-order valence-electron chi connectivity index (χ3n) is 5.13. The van der Waals surface area contributed by atoms with Crippen LogP contribution in [0.5, 0.6) is 5.75 Å². The Morgan fingerprint density at radius 1 is 0.771 bits per heavy atom. The van der Waals surface area contributed by atoms with Crippen LogP contribution >= 0.6 is 11.6 Å². The van der Waals surface area contributed by atoms with Gasteiger partial charge in [0.15, 0.2) is 0 Å². The minimum Gasteiger partial charge on any atom is -0.421 e. The fourth-order valence-corrected chi connectivity index (χ4v) is 4.93. The van der Waals surface area contributed by atoms with Crippen LogP contribution in [0.15, 0.2) is 108 Å². The van der Waals surface area contributed by atoms with Gasteiger partial charge in [0.25, 0.3) is 15.9 Å². The lowest BCUT2D eigenvalue weighted by molar-refractivity contribution is 0.0734. The molecule has 8 heteroatoms. The standard InChI is InChI=1S/C27H20ClNO5S/c1-19-12-15-23(16-13-19)35(32,33)29(26(30)20-8-4-2-5-9-20)22-14-17-25(24(28)18-22)34-27(31)21-10-6-3-7-11-21/h2-18H,1H3. The molecule has 0 radical (unpaired) electrons. The number of sulfonamides is 1. The van der Waals surface area contributed by atoms with Crippen LogP contribution in [0.1, 0.15) is 26.3 Å². The van der Waals surface area contributed by atoms with Crippen LogP contribution in [-0.4, -0.2) is 20.3 Å². The molecule has 0 aliphatic rings. The van der Waals surface area contributed by atoms with Crippen molar-refractivity contribution in [2.24, 2.45) is 0 Å². The molecule has 176 valence electrons. The number of benzene rings is 4. The first-order chi connectivity index (χ1) is 16.8. The topological polar surface area (TPSA) is 80.8 Å². The summed E-state index contributed by atoms with van der Waals surface area (Å²) in [6.07, 6.45) is 0. The van der Waals surface area contributed by atoms with Crippen molar-refractivity contribution in [3.8, 4) is 5.75 Å². The van der Waals surface area contributed by atoms with Crippen LogP contribution < -0.4 is 9.04 Å². The van der Waals surface area contributed by atoms with Crippen LogP contribution in [0.25, 0.3) is 0 Å². The van der Waals surface area contributed by atoms with Crippen LogP contribution in [0.4, 0.5) is 5.69 Å². The number of hydrogen-bond acceptors (Lipinski definition) is 5. The molecule has 0 fully saturated rings. The average Bonchev–Trinajstić information content (AvgIpc) is 2.87. The zero-order valence-corrected chi connectivity index (χ0v) is 20.2. The van der Waals surface area contributed by atoms with E-state index in [0.29, 0.717) is 9.87 Å². The Morgan fingerprint density at radius 2 is 1.34 bits per heavy atom. The zero-order chi connectivity index (χ0) is 25.0. The van der Waals surface area contributed by atoms with Gasteiger partial charge in [-0.05, 0) is 61.5 Å². The number of carbonyl (C=O) groups excluding carboxylic acids is 2. The minimum atomic E-state index is -4.30. The molecule has 4 aromatic carbocycles. The summed E-state index contributed by atoms with van der Waals surface area (Å²) in [6, 6.07) is 26.6. The largest absolute Gasteiger partial charge is 0.421 e. The summed E-state index contributed by atoms with van der Waals surface area (Å²) in [7, 11) is -4.30. The predicted molar refractivity (Wildman–Crippen MR) is 134 cm³/mol. The van der Waals surface area contributed by atoms with Crippen molar-refractivity contribution in [3.05, 3.63) is 125 Å². The normalized spacial score (nSPS) is 11.0. The number of hydrogen-bond donors (Lipinski definition) is 0. The Balaban J connectivity index is 1.75. The Hall–Kier alpha value is -3.94. The Labute approximate surface area is 208 Å². The maximum absolute atomic E-state index is 13.6. The SMILES string of the molecule is Cc1ccc(S(=O)(=O)N(C(=O)c2ccccc2)c2ccc(OC(=O)c3ccccc3)c(Cl)c2)cc1. The van der Waals surface area contributed by atoms with E-state index in [9.17, 15) is 18.0 Å². The van der Waals surface area contributed by atoms with Gasteiger partial charge in [-0.25, -0.2) is 13.2 Å². The van der Waals surface area contributed by atoms with E-state index in [0.717, 1.165) is 5.56 Å². The van der Waals surface area contributed by atoms with Crippen LogP contribution in [0.2, 0.25) is 5.02 Å². The number of rotatable bonds is 6. The van der Waals surface area contributed by atoms with Gasteiger partial charge >= 0.3 is 5.97 Å². The summed E-state index contributed by atoms with van der Waals surface area (Å²) in [5.74, 6) is -1.34. The molecule has 0 saturated heterocycles. The molecular formula is C27H20ClNO5S. The summed E-state index contributed by atoms with van der Waals surface area (Å²) in [5, 5.41) is -0.0308. The molecule has 0 aliphatic heterocycles. The number of esters is 1. The van der Waals surface area contributed by atoms with Gasteiger partial charge in [-0.3, -0.25) is 4.79 Å². The Morgan fingerprint density at radius 3 is 1.91 bits per heavy atom. The number of carbonyl (C=O) groups is 2. The summed E-state index contributed by atoms with van der Waals surface area (Å²) in [5.41, 5.74) is 1.39. The summed E-state index contributed by atoms with van der Waals surface area (Å²) in [6.45, 7) is 1.83. The highest BCUT2D eigenvalue weighted by Crippen LogP contribution is 2.33. The number of halogens is 1. The maximum Gasteiger partial charge on any atom is 0.343 e. The fourth-order valence-electron chi connectivity index (χ4n) is 3.31. The summed E-state index contributed by atoms with van der Waals surface area (Å²) >= 11 is 6.36. The molecule has 0 unspecified atom stereocenters. The smallest absolute Gasteiger partial charge is 0.343 e. The fraction of sp³-hybridized carbons (Fsp3) is 0.0370. The van der Waals surface area contributed by atoms with E-state index >= 15 is 0 Å². The number of nitrogens with zero attached hydrogens (tertiary/aromatic N) is 1. The summed E-state index contributed by atoms with van der Waals surface area (Å²) < 4.78 is 33.3. The quantitative estimate of drug-likeness (QED) is 0.240. The van der Waals surface area contributed by atoms with E-state index in [1.165, 1.54) is 42.5 Å². The first kappa shape index (κ1) is 24.2. The molecule has 4 aromatic rings. The molecule has 0 atom stereocenters. The lowest BCUT2D eigenvalue weighted by atomic mass is 10.2. The molecule has 35 heavy (non-hydrogen) atoms. The Kier molecular flexibility index (Phi) is 7.00. The van der Waals surface area contributed by atoms with E-state index in [-0.39, 0.29) is 26.9 Å². The monoisotopic (exact) mass is 505 g/mol. The second-order valence-electron chi connectivity index (χ2n) is 7.62. The first-order valence-electron chi connectivity index (χ1n) is 10.6. The minimum absolute atomic E-state index is 0.00365. The average molecular weight is 506 g/mol. The van der Waals surface area contributed by atoms with Gasteiger partial charge in [-0.1, -0.05) is 65.7 Å². The lowest BCUT2D eigenvalue weighted by Gasteiger charge is -2.23. The van der Waals surface area contributed by atoms with E-state index in [1.807, 2.05) is 6.92 Å². The van der Waals surface area contributed by atoms with Crippen molar-refractivity contribution in [3.63, 3.8) is 0 Å². The predicted octanol–water partition coefficient (Wildman–Crippen LogP) is 5.90. The zero-order valence-electron chi connectivity index (χ0n) is 18.6. The number of anilines is 1. The van der Waals surface area contributed by atoms with Gasteiger partial charge in [0.05, 0.1) is 21.2 Å². The molecule has 0 spiro atoms. The van der Waals surface area contributed by atoms with Gasteiger partial charge in [0.2, 0.25) is 0 Å². The number of aryl methyl sites for hydroxylation is 1. The van der Waals surface area contributed by atoms with Crippen molar-refractivity contribution in [1.29, 1.82) is 0 Å². The molecule has 0 aliphatic carbocycles. The van der Waals surface area contributed by atoms with Gasteiger partial charge < -0.3 is 4.74 Å². The van der Waals surface area contributed by atoms with Crippen molar-refractivity contribution in [2.45, 2.75) is 11.8 Å². The van der Waals surface area contributed by atoms with Crippen LogP contribution in [0, 0.1) is 6.92 Å². The van der Waals surface area contributed by atoms with Gasteiger partial charge in [-0.2, -0.15) is 4.31 Å². The van der Waals surface area contributed by atoms with Crippen molar-refractivity contribution < 1.29 is 22.7 Å². The maximum atomic E-state index is 13.6. The van der Waals surface area contributed by atoms with Crippen LogP contribution in [-0.2, 0) is 10.0 Å². The van der Waals surface area contributed by atoms with Gasteiger partial charge in [0.1, 0.15) is 5.75 Å². The highest BCUT2D eigenvalue weighted by molar-refractivity contribution is 7.93. The summed E-state index contributed by atoms with van der Waals surface area (Å²) in [4.78, 5) is 25.8. The Bertz CT molecular complexity index is 1470. The van der Waals surface area contributed by atoms with Crippen molar-refractivity contribution in [2.75, 3.05) is 4.31 Å². The van der Waals surface area contributed by atoms with E-state index in [4.69, 9.17) is 16.3 Å². The van der Waals surface area contributed by atoms with Crippen molar-refractivity contribution >= 4 is 39.2 Å². The van der Waals surface area contributed by atoms with E-state index in [1.54, 1.807) is 60.7 Å². The molecule has 4 rings (SSSR count). The second kappa shape index (κ2) is 10.1. The second-order valence-corrected chi connectivity index (χ2v) is 9.82. The third-order valence-corrected chi connectivity index (χ3v) is 7.15. The third kappa shape index (κ3) is 5.26. The lowest BCUT2D eigenvalue weighted by Crippen LogP contribution is -2.37. The molecule has 0 saturated carbocycles. The number of amides is 1. The van der Waals surface area contributed by atoms with Gasteiger partial charge in [-0.15, -0.1) is 0 Å². The number of ether oxygens (including phenoxy) is 1. The molecule has 0 N–H and O–H groups in total. The highest BCUT2D eigenvalue weighted by atomic mass is 35.5. The molecule has 6 nitrogen and oxygen atoms in total. The first-order valence-corrected chi connectivity index (χ1v) is 12.4.